The normalized spacial score (nSPS) is 10.8. The van der Waals surface area contributed by atoms with Gasteiger partial charge in [-0.3, -0.25) is 10.2 Å². The zero-order chi connectivity index (χ0) is 14.7. The number of nitrogen functional groups attached to an aromatic ring is 1. The van der Waals surface area contributed by atoms with Crippen LogP contribution in [-0.2, 0) is 6.42 Å². The van der Waals surface area contributed by atoms with Crippen LogP contribution in [0.3, 0.4) is 0 Å². The number of hydrogen-bond acceptors (Lipinski definition) is 4. The number of carbonyl (C=O) groups excluding carboxylic acids is 1. The highest BCUT2D eigenvalue weighted by molar-refractivity contribution is 7.13. The maximum Gasteiger partial charge on any atom is 0.277 e. The lowest BCUT2D eigenvalue weighted by atomic mass is 10.1. The summed E-state index contributed by atoms with van der Waals surface area (Å²) in [6.07, 6.45) is 0.656. The minimum Gasteiger partial charge on any atom is -0.289 e. The average Bonchev–Trinajstić information content (AvgIpc) is 2.82. The van der Waals surface area contributed by atoms with Gasteiger partial charge in [-0.25, -0.2) is 10.8 Å². The Balaban J connectivity index is 2.31. The average molecular weight is 310 g/mol. The van der Waals surface area contributed by atoms with E-state index in [2.05, 4.69) is 10.4 Å². The van der Waals surface area contributed by atoms with Crippen LogP contribution in [-0.4, -0.2) is 10.9 Å². The van der Waals surface area contributed by atoms with Crippen molar-refractivity contribution in [2.75, 3.05) is 0 Å². The second-order valence-corrected chi connectivity index (χ2v) is 6.28. The Labute approximate surface area is 126 Å². The molecule has 0 bridgehead atoms. The summed E-state index contributed by atoms with van der Waals surface area (Å²) in [6.45, 7) is 4.01. The minimum atomic E-state index is -0.288. The van der Waals surface area contributed by atoms with Gasteiger partial charge in [0.1, 0.15) is 4.88 Å². The Hall–Kier alpha value is -1.43. The van der Waals surface area contributed by atoms with Gasteiger partial charge in [-0.2, -0.15) is 0 Å². The topological polar surface area (TPSA) is 68.0 Å². The second kappa shape index (κ2) is 6.35. The molecule has 6 heteroatoms. The van der Waals surface area contributed by atoms with E-state index in [4.69, 9.17) is 17.4 Å². The number of benzene rings is 1. The highest BCUT2D eigenvalue weighted by Gasteiger charge is 2.19. The molecule has 0 saturated carbocycles. The summed E-state index contributed by atoms with van der Waals surface area (Å²) >= 11 is 7.35. The predicted molar refractivity (Wildman–Crippen MR) is 82.1 cm³/mol. The Kier molecular flexibility index (Phi) is 4.75. The number of nitrogens with zero attached hydrogens (tertiary/aromatic N) is 1. The molecule has 0 aliphatic rings. The number of carbonyl (C=O) groups is 1. The number of nitrogens with one attached hydrogen (secondary N) is 1. The fourth-order valence-corrected chi connectivity index (χ4v) is 3.26. The molecule has 1 aromatic heterocycles. The molecule has 0 atom stereocenters. The molecule has 1 heterocycles. The van der Waals surface area contributed by atoms with Crippen molar-refractivity contribution >= 4 is 28.8 Å². The van der Waals surface area contributed by atoms with E-state index in [1.165, 1.54) is 11.3 Å². The van der Waals surface area contributed by atoms with Crippen LogP contribution >= 0.6 is 22.9 Å². The molecule has 0 aliphatic carbocycles. The van der Waals surface area contributed by atoms with E-state index >= 15 is 0 Å². The third kappa shape index (κ3) is 3.36. The zero-order valence-corrected chi connectivity index (χ0v) is 12.9. The first-order chi connectivity index (χ1) is 9.51. The highest BCUT2D eigenvalue weighted by Crippen LogP contribution is 2.27. The van der Waals surface area contributed by atoms with Crippen LogP contribution in [0.4, 0.5) is 0 Å². The van der Waals surface area contributed by atoms with E-state index < -0.39 is 0 Å². The standard InChI is InChI=1S/C14H16ClN3OS/c1-8(2)12-13(14(19)18-16)20-11(17-12)7-9-4-3-5-10(15)6-9/h3-6,8H,7,16H2,1-2H3,(H,18,19). The van der Waals surface area contributed by atoms with E-state index in [9.17, 15) is 4.79 Å². The van der Waals surface area contributed by atoms with E-state index in [1.54, 1.807) is 0 Å². The number of thiazole rings is 1. The molecule has 0 unspecified atom stereocenters. The van der Waals surface area contributed by atoms with Gasteiger partial charge in [0.15, 0.2) is 0 Å². The first-order valence-electron chi connectivity index (χ1n) is 6.26. The van der Waals surface area contributed by atoms with Crippen molar-refractivity contribution in [3.63, 3.8) is 0 Å². The van der Waals surface area contributed by atoms with Crippen molar-refractivity contribution in [1.82, 2.24) is 10.4 Å². The Morgan fingerprint density at radius 3 is 2.85 bits per heavy atom. The summed E-state index contributed by atoms with van der Waals surface area (Å²) in [7, 11) is 0. The van der Waals surface area contributed by atoms with Gasteiger partial charge in [0.25, 0.3) is 5.91 Å². The van der Waals surface area contributed by atoms with Gasteiger partial charge in [-0.1, -0.05) is 37.6 Å². The Morgan fingerprint density at radius 1 is 1.50 bits per heavy atom. The SMILES string of the molecule is CC(C)c1nc(Cc2cccc(Cl)c2)sc1C(=O)NN. The first-order valence-corrected chi connectivity index (χ1v) is 7.45. The molecule has 20 heavy (non-hydrogen) atoms. The molecule has 0 radical (unpaired) electrons. The van der Waals surface area contributed by atoms with Crippen molar-refractivity contribution in [3.8, 4) is 0 Å². The van der Waals surface area contributed by atoms with E-state index in [0.717, 1.165) is 16.3 Å². The molecule has 0 fully saturated rings. The molecule has 1 amide bonds. The van der Waals surface area contributed by atoms with Crippen molar-refractivity contribution < 1.29 is 4.79 Å². The van der Waals surface area contributed by atoms with Gasteiger partial charge in [0.2, 0.25) is 0 Å². The molecule has 4 nitrogen and oxygen atoms in total. The molecular formula is C14H16ClN3OS. The smallest absolute Gasteiger partial charge is 0.277 e. The molecule has 0 saturated heterocycles. The van der Waals surface area contributed by atoms with E-state index in [-0.39, 0.29) is 11.8 Å². The van der Waals surface area contributed by atoms with Crippen molar-refractivity contribution in [3.05, 3.63) is 50.4 Å². The molecule has 2 aromatic rings. The first kappa shape index (κ1) is 15.0. The number of rotatable bonds is 4. The van der Waals surface area contributed by atoms with Crippen LogP contribution in [0.1, 0.15) is 45.7 Å². The highest BCUT2D eigenvalue weighted by atomic mass is 35.5. The molecule has 106 valence electrons. The third-order valence-electron chi connectivity index (χ3n) is 2.83. The fraction of sp³-hybridized carbons (Fsp3) is 0.286. The monoisotopic (exact) mass is 309 g/mol. The lowest BCUT2D eigenvalue weighted by Crippen LogP contribution is -2.30. The molecule has 1 aromatic carbocycles. The van der Waals surface area contributed by atoms with Crippen molar-refractivity contribution in [2.45, 2.75) is 26.2 Å². The van der Waals surface area contributed by atoms with Gasteiger partial charge in [-0.05, 0) is 23.6 Å². The van der Waals surface area contributed by atoms with Crippen molar-refractivity contribution in [2.24, 2.45) is 5.84 Å². The van der Waals surface area contributed by atoms with Gasteiger partial charge >= 0.3 is 0 Å². The van der Waals surface area contributed by atoms with Gasteiger partial charge in [0.05, 0.1) is 10.7 Å². The number of aromatic nitrogens is 1. The summed E-state index contributed by atoms with van der Waals surface area (Å²) in [5, 5.41) is 1.58. The molecule has 0 aliphatic heterocycles. The minimum absolute atomic E-state index is 0.173. The zero-order valence-electron chi connectivity index (χ0n) is 11.3. The number of amides is 1. The molecular weight excluding hydrogens is 294 g/mol. The lowest BCUT2D eigenvalue weighted by molar-refractivity contribution is 0.0956. The summed E-state index contributed by atoms with van der Waals surface area (Å²) in [6, 6.07) is 7.63. The molecule has 3 N–H and O–H groups in total. The van der Waals surface area contributed by atoms with Crippen LogP contribution < -0.4 is 11.3 Å². The van der Waals surface area contributed by atoms with E-state index in [0.29, 0.717) is 16.3 Å². The number of nitrogens with two attached hydrogens (primary N) is 1. The van der Waals surface area contributed by atoms with E-state index in [1.807, 2.05) is 38.1 Å². The third-order valence-corrected chi connectivity index (χ3v) is 4.13. The van der Waals surface area contributed by atoms with Crippen LogP contribution in [0.2, 0.25) is 5.02 Å². The van der Waals surface area contributed by atoms with Crippen LogP contribution in [0.25, 0.3) is 0 Å². The largest absolute Gasteiger partial charge is 0.289 e. The second-order valence-electron chi connectivity index (χ2n) is 4.76. The number of hydrogen-bond donors (Lipinski definition) is 2. The summed E-state index contributed by atoms with van der Waals surface area (Å²) in [5.74, 6) is 5.10. The summed E-state index contributed by atoms with van der Waals surface area (Å²) in [5.41, 5.74) is 4.03. The predicted octanol–water partition coefficient (Wildman–Crippen LogP) is 3.11. The number of hydrazine groups is 1. The van der Waals surface area contributed by atoms with Gasteiger partial charge < -0.3 is 0 Å². The lowest BCUT2D eigenvalue weighted by Gasteiger charge is -2.03. The van der Waals surface area contributed by atoms with Crippen LogP contribution in [0.5, 0.6) is 0 Å². The van der Waals surface area contributed by atoms with Gasteiger partial charge in [-0.15, -0.1) is 11.3 Å². The summed E-state index contributed by atoms with van der Waals surface area (Å²) < 4.78 is 0. The molecule has 0 spiro atoms. The van der Waals surface area contributed by atoms with Crippen LogP contribution in [0.15, 0.2) is 24.3 Å². The quantitative estimate of drug-likeness (QED) is 0.518. The maximum atomic E-state index is 11.8. The number of halogens is 1. The molecule has 2 rings (SSSR count). The Morgan fingerprint density at radius 2 is 2.25 bits per heavy atom. The fourth-order valence-electron chi connectivity index (χ4n) is 1.89. The van der Waals surface area contributed by atoms with Gasteiger partial charge in [0, 0.05) is 11.4 Å². The Bertz CT molecular complexity index is 625. The maximum absolute atomic E-state index is 11.8. The van der Waals surface area contributed by atoms with Crippen LogP contribution in [0, 0.1) is 0 Å². The van der Waals surface area contributed by atoms with Crippen molar-refractivity contribution in [1.29, 1.82) is 0 Å². The summed E-state index contributed by atoms with van der Waals surface area (Å²) in [4.78, 5) is 16.9.